The van der Waals surface area contributed by atoms with Gasteiger partial charge in [-0.3, -0.25) is 9.69 Å². The van der Waals surface area contributed by atoms with Gasteiger partial charge in [0.15, 0.2) is 5.78 Å². The van der Waals surface area contributed by atoms with Gasteiger partial charge in [0.25, 0.3) is 0 Å². The quantitative estimate of drug-likeness (QED) is 0.573. The summed E-state index contributed by atoms with van der Waals surface area (Å²) in [6, 6.07) is 28.7. The van der Waals surface area contributed by atoms with E-state index in [0.29, 0.717) is 13.0 Å². The number of Topliss-reactive ketones (excluding diaryl/α,β-unsaturated/α-hetero) is 1. The lowest BCUT2D eigenvalue weighted by atomic mass is 9.84. The Morgan fingerprint density at radius 3 is 1.93 bits per heavy atom. The third-order valence-corrected chi connectivity index (χ3v) is 5.57. The van der Waals surface area contributed by atoms with Crippen LogP contribution in [0.25, 0.3) is 0 Å². The van der Waals surface area contributed by atoms with E-state index in [0.717, 1.165) is 23.1 Å². The van der Waals surface area contributed by atoms with Crippen LogP contribution in [-0.2, 0) is 16.1 Å². The Bertz CT molecular complexity index is 933. The van der Waals surface area contributed by atoms with Crippen molar-refractivity contribution in [1.82, 2.24) is 4.90 Å². The highest BCUT2D eigenvalue weighted by Gasteiger charge is 2.39. The third kappa shape index (κ3) is 4.43. The van der Waals surface area contributed by atoms with Crippen LogP contribution in [-0.4, -0.2) is 29.4 Å². The number of carbonyl (C=O) groups excluding carboxylic acids is 2. The first-order valence-electron chi connectivity index (χ1n) is 10.3. The molecule has 1 saturated heterocycles. The smallest absolute Gasteiger partial charge is 0.410 e. The molecule has 4 heteroatoms. The number of carbonyl (C=O) groups is 2. The van der Waals surface area contributed by atoms with Gasteiger partial charge in [-0.2, -0.15) is 0 Å². The van der Waals surface area contributed by atoms with Crippen molar-refractivity contribution in [2.24, 2.45) is 0 Å². The minimum atomic E-state index is -0.473. The van der Waals surface area contributed by atoms with E-state index < -0.39 is 18.1 Å². The number of ketones is 1. The fourth-order valence-corrected chi connectivity index (χ4v) is 4.09. The van der Waals surface area contributed by atoms with Gasteiger partial charge in [-0.15, -0.1) is 0 Å². The Labute approximate surface area is 177 Å². The number of hydrogen-bond donors (Lipinski definition) is 0. The third-order valence-electron chi connectivity index (χ3n) is 5.57. The molecule has 30 heavy (non-hydrogen) atoms. The minimum absolute atomic E-state index is 0.0431. The molecule has 4 rings (SSSR count). The van der Waals surface area contributed by atoms with E-state index in [1.807, 2.05) is 91.0 Å². The molecule has 3 aromatic rings. The number of hydrogen-bond acceptors (Lipinski definition) is 3. The number of rotatable bonds is 6. The molecular formula is C26H25NO3. The molecule has 1 heterocycles. The highest BCUT2D eigenvalue weighted by molar-refractivity contribution is 5.95. The van der Waals surface area contributed by atoms with Crippen LogP contribution in [0.15, 0.2) is 91.0 Å². The molecule has 1 unspecified atom stereocenters. The Kier molecular flexibility index (Phi) is 6.23. The maximum Gasteiger partial charge on any atom is 0.410 e. The van der Waals surface area contributed by atoms with Gasteiger partial charge in [-0.1, -0.05) is 91.0 Å². The van der Waals surface area contributed by atoms with Crippen molar-refractivity contribution in [3.63, 3.8) is 0 Å². The number of benzene rings is 3. The number of likely N-dealkylation sites (tertiary alicyclic amines) is 1. The van der Waals surface area contributed by atoms with Crippen molar-refractivity contribution in [3.05, 3.63) is 108 Å². The zero-order valence-electron chi connectivity index (χ0n) is 16.8. The van der Waals surface area contributed by atoms with Gasteiger partial charge in [-0.05, 0) is 29.5 Å². The summed E-state index contributed by atoms with van der Waals surface area (Å²) < 4.78 is 5.52. The number of ether oxygens (including phenoxy) is 1. The predicted molar refractivity (Wildman–Crippen MR) is 116 cm³/mol. The van der Waals surface area contributed by atoms with E-state index in [-0.39, 0.29) is 12.4 Å². The first-order chi connectivity index (χ1) is 14.7. The fraction of sp³-hybridized carbons (Fsp3) is 0.231. The summed E-state index contributed by atoms with van der Waals surface area (Å²) in [5.74, 6) is -0.360. The molecule has 1 fully saturated rings. The largest absolute Gasteiger partial charge is 0.445 e. The lowest BCUT2D eigenvalue weighted by Gasteiger charge is -2.27. The van der Waals surface area contributed by atoms with Gasteiger partial charge in [0, 0.05) is 6.54 Å². The van der Waals surface area contributed by atoms with Crippen LogP contribution < -0.4 is 0 Å². The van der Waals surface area contributed by atoms with Crippen LogP contribution in [0.4, 0.5) is 4.79 Å². The van der Waals surface area contributed by atoms with Crippen molar-refractivity contribution < 1.29 is 14.3 Å². The van der Waals surface area contributed by atoms with Gasteiger partial charge in [0.2, 0.25) is 0 Å². The summed E-state index contributed by atoms with van der Waals surface area (Å²) in [6.07, 6.45) is 1.04. The molecule has 0 saturated carbocycles. The molecule has 152 valence electrons. The van der Waals surface area contributed by atoms with E-state index in [2.05, 4.69) is 0 Å². The van der Waals surface area contributed by atoms with Crippen LogP contribution in [0.5, 0.6) is 0 Å². The molecule has 1 atom stereocenters. The van der Waals surface area contributed by atoms with Crippen molar-refractivity contribution in [2.75, 3.05) is 6.54 Å². The second-order valence-electron chi connectivity index (χ2n) is 7.55. The van der Waals surface area contributed by atoms with Crippen LogP contribution >= 0.6 is 0 Å². The SMILES string of the molecule is O=C(C(c1ccccc1)c1ccccc1)C1CCCN1C(=O)OCc1ccccc1. The van der Waals surface area contributed by atoms with Crippen molar-refractivity contribution >= 4 is 11.9 Å². The molecule has 4 nitrogen and oxygen atoms in total. The topological polar surface area (TPSA) is 46.6 Å². The van der Waals surface area contributed by atoms with Crippen LogP contribution in [0.1, 0.15) is 35.4 Å². The van der Waals surface area contributed by atoms with Gasteiger partial charge in [0.05, 0.1) is 12.0 Å². The second kappa shape index (κ2) is 9.40. The minimum Gasteiger partial charge on any atom is -0.445 e. The molecule has 0 aromatic heterocycles. The molecule has 0 aliphatic carbocycles. The first-order valence-corrected chi connectivity index (χ1v) is 10.3. The summed E-state index contributed by atoms with van der Waals surface area (Å²) in [5.41, 5.74) is 2.82. The maximum absolute atomic E-state index is 13.7. The van der Waals surface area contributed by atoms with Crippen LogP contribution in [0.3, 0.4) is 0 Å². The Hall–Kier alpha value is -3.40. The lowest BCUT2D eigenvalue weighted by molar-refractivity contribution is -0.123. The maximum atomic E-state index is 13.7. The van der Waals surface area contributed by atoms with Crippen molar-refractivity contribution in [2.45, 2.75) is 31.4 Å². The Morgan fingerprint density at radius 1 is 0.833 bits per heavy atom. The molecule has 1 aliphatic heterocycles. The summed E-state index contributed by atoms with van der Waals surface area (Å²) in [7, 11) is 0. The van der Waals surface area contributed by atoms with Crippen LogP contribution in [0.2, 0.25) is 0 Å². The van der Waals surface area contributed by atoms with Gasteiger partial charge in [0.1, 0.15) is 6.61 Å². The van der Waals surface area contributed by atoms with Gasteiger partial charge < -0.3 is 4.74 Å². The summed E-state index contributed by atoms with van der Waals surface area (Å²) in [4.78, 5) is 28.1. The molecule has 0 bridgehead atoms. The lowest BCUT2D eigenvalue weighted by Crippen LogP contribution is -2.43. The van der Waals surface area contributed by atoms with Crippen molar-refractivity contribution in [3.8, 4) is 0 Å². The van der Waals surface area contributed by atoms with Crippen LogP contribution in [0, 0.1) is 0 Å². The van der Waals surface area contributed by atoms with Gasteiger partial charge >= 0.3 is 6.09 Å². The van der Waals surface area contributed by atoms with E-state index in [9.17, 15) is 9.59 Å². The number of amides is 1. The predicted octanol–water partition coefficient (Wildman–Crippen LogP) is 5.19. The van der Waals surface area contributed by atoms with E-state index in [4.69, 9.17) is 4.74 Å². The highest BCUT2D eigenvalue weighted by atomic mass is 16.6. The average Bonchev–Trinajstić information content (AvgIpc) is 3.30. The normalized spacial score (nSPS) is 15.9. The molecule has 0 spiro atoms. The Balaban J connectivity index is 1.54. The molecule has 0 radical (unpaired) electrons. The van der Waals surface area contributed by atoms with Crippen molar-refractivity contribution in [1.29, 1.82) is 0 Å². The van der Waals surface area contributed by atoms with E-state index >= 15 is 0 Å². The van der Waals surface area contributed by atoms with Gasteiger partial charge in [-0.25, -0.2) is 4.79 Å². The molecule has 1 aliphatic rings. The fourth-order valence-electron chi connectivity index (χ4n) is 4.09. The average molecular weight is 399 g/mol. The van der Waals surface area contributed by atoms with E-state index in [1.165, 1.54) is 0 Å². The summed E-state index contributed by atoms with van der Waals surface area (Å²) >= 11 is 0. The molecule has 1 amide bonds. The second-order valence-corrected chi connectivity index (χ2v) is 7.55. The zero-order valence-corrected chi connectivity index (χ0v) is 16.8. The first kappa shape index (κ1) is 19.9. The Morgan fingerprint density at radius 2 is 1.37 bits per heavy atom. The number of nitrogens with zero attached hydrogens (tertiary/aromatic N) is 1. The standard InChI is InChI=1S/C26H25NO3/c28-25(24(21-13-6-2-7-14-21)22-15-8-3-9-16-22)23-17-10-18-27(23)26(29)30-19-20-11-4-1-5-12-20/h1-9,11-16,23-24H,10,17-19H2. The molecular weight excluding hydrogens is 374 g/mol. The highest BCUT2D eigenvalue weighted by Crippen LogP contribution is 2.31. The molecule has 0 N–H and O–H groups in total. The summed E-state index contributed by atoms with van der Waals surface area (Å²) in [6.45, 7) is 0.748. The summed E-state index contributed by atoms with van der Waals surface area (Å²) in [5, 5.41) is 0. The van der Waals surface area contributed by atoms with E-state index in [1.54, 1.807) is 4.90 Å². The monoisotopic (exact) mass is 399 g/mol. The molecule has 3 aromatic carbocycles. The zero-order chi connectivity index (χ0) is 20.8.